The summed E-state index contributed by atoms with van der Waals surface area (Å²) < 4.78 is 29.7. The van der Waals surface area contributed by atoms with Gasteiger partial charge in [0, 0.05) is 18.7 Å². The molecule has 0 aliphatic heterocycles. The SMILES string of the molecule is CS(=O)(=O)NCCC(=O)Nc1ccc(Oc2ccccc2)cc1. The highest BCUT2D eigenvalue weighted by atomic mass is 32.2. The van der Waals surface area contributed by atoms with Gasteiger partial charge in [0.15, 0.2) is 0 Å². The fourth-order valence-corrected chi connectivity index (χ4v) is 2.28. The maximum atomic E-state index is 11.7. The van der Waals surface area contributed by atoms with Gasteiger partial charge in [0.1, 0.15) is 11.5 Å². The minimum Gasteiger partial charge on any atom is -0.457 e. The van der Waals surface area contributed by atoms with Crippen LogP contribution >= 0.6 is 0 Å². The Kier molecular flexibility index (Phi) is 5.72. The van der Waals surface area contributed by atoms with Crippen molar-refractivity contribution < 1.29 is 17.9 Å². The fraction of sp³-hybridized carbons (Fsp3) is 0.188. The van der Waals surface area contributed by atoms with Crippen molar-refractivity contribution in [3.8, 4) is 11.5 Å². The van der Waals surface area contributed by atoms with E-state index in [9.17, 15) is 13.2 Å². The number of rotatable bonds is 7. The second kappa shape index (κ2) is 7.75. The molecule has 0 aliphatic carbocycles. The third-order valence-corrected chi connectivity index (χ3v) is 3.56. The van der Waals surface area contributed by atoms with Crippen molar-refractivity contribution in [2.75, 3.05) is 18.1 Å². The molecule has 2 rings (SSSR count). The van der Waals surface area contributed by atoms with Gasteiger partial charge >= 0.3 is 0 Å². The Hall–Kier alpha value is -2.38. The molecule has 1 amide bonds. The number of nitrogens with one attached hydrogen (secondary N) is 2. The van der Waals surface area contributed by atoms with E-state index in [2.05, 4.69) is 10.0 Å². The predicted molar refractivity (Wildman–Crippen MR) is 89.1 cm³/mol. The Bertz CT molecular complexity index is 743. The molecule has 2 N–H and O–H groups in total. The van der Waals surface area contributed by atoms with E-state index in [1.807, 2.05) is 30.3 Å². The first-order valence-electron chi connectivity index (χ1n) is 7.00. The second-order valence-electron chi connectivity index (χ2n) is 4.90. The molecule has 0 bridgehead atoms. The van der Waals surface area contributed by atoms with Crippen LogP contribution in [0.4, 0.5) is 5.69 Å². The van der Waals surface area contributed by atoms with Crippen LogP contribution in [0.25, 0.3) is 0 Å². The summed E-state index contributed by atoms with van der Waals surface area (Å²) in [6, 6.07) is 16.3. The number of sulfonamides is 1. The number of carbonyl (C=O) groups is 1. The van der Waals surface area contributed by atoms with Crippen LogP contribution in [0.3, 0.4) is 0 Å². The van der Waals surface area contributed by atoms with E-state index in [-0.39, 0.29) is 18.9 Å². The summed E-state index contributed by atoms with van der Waals surface area (Å²) in [5, 5.41) is 2.69. The number of amides is 1. The van der Waals surface area contributed by atoms with Crippen molar-refractivity contribution in [1.29, 1.82) is 0 Å². The van der Waals surface area contributed by atoms with Crippen molar-refractivity contribution in [2.45, 2.75) is 6.42 Å². The third-order valence-electron chi connectivity index (χ3n) is 2.83. The quantitative estimate of drug-likeness (QED) is 0.814. The van der Waals surface area contributed by atoms with E-state index in [0.29, 0.717) is 11.4 Å². The molecule has 0 fully saturated rings. The van der Waals surface area contributed by atoms with E-state index < -0.39 is 10.0 Å². The van der Waals surface area contributed by atoms with Crippen molar-refractivity contribution in [2.24, 2.45) is 0 Å². The Morgan fingerprint density at radius 3 is 2.22 bits per heavy atom. The van der Waals surface area contributed by atoms with Crippen molar-refractivity contribution in [3.05, 3.63) is 54.6 Å². The molecule has 0 aliphatic rings. The fourth-order valence-electron chi connectivity index (χ4n) is 1.80. The van der Waals surface area contributed by atoms with Crippen LogP contribution in [-0.4, -0.2) is 27.1 Å². The lowest BCUT2D eigenvalue weighted by Gasteiger charge is -2.08. The van der Waals surface area contributed by atoms with Crippen LogP contribution in [0.5, 0.6) is 11.5 Å². The summed E-state index contributed by atoms with van der Waals surface area (Å²) in [6.07, 6.45) is 1.12. The van der Waals surface area contributed by atoms with E-state index >= 15 is 0 Å². The largest absolute Gasteiger partial charge is 0.457 e. The van der Waals surface area contributed by atoms with Crippen molar-refractivity contribution in [1.82, 2.24) is 4.72 Å². The number of benzene rings is 2. The number of para-hydroxylation sites is 1. The third kappa shape index (κ3) is 6.50. The Labute approximate surface area is 135 Å². The molecule has 0 heterocycles. The topological polar surface area (TPSA) is 84.5 Å². The molecule has 0 spiro atoms. The lowest BCUT2D eigenvalue weighted by atomic mass is 10.3. The Balaban J connectivity index is 1.84. The van der Waals surface area contributed by atoms with Crippen LogP contribution in [0.15, 0.2) is 54.6 Å². The van der Waals surface area contributed by atoms with Gasteiger partial charge in [0.05, 0.1) is 6.26 Å². The molecule has 0 atom stereocenters. The highest BCUT2D eigenvalue weighted by Gasteiger charge is 2.05. The van der Waals surface area contributed by atoms with Gasteiger partial charge in [-0.1, -0.05) is 18.2 Å². The normalized spacial score (nSPS) is 11.0. The predicted octanol–water partition coefficient (Wildman–Crippen LogP) is 2.36. The molecule has 23 heavy (non-hydrogen) atoms. The van der Waals surface area contributed by atoms with E-state index in [0.717, 1.165) is 12.0 Å². The van der Waals surface area contributed by atoms with Crippen LogP contribution < -0.4 is 14.8 Å². The first-order chi connectivity index (χ1) is 10.9. The number of carbonyl (C=O) groups excluding carboxylic acids is 1. The van der Waals surface area contributed by atoms with Crippen LogP contribution in [0.1, 0.15) is 6.42 Å². The second-order valence-corrected chi connectivity index (χ2v) is 6.74. The Morgan fingerprint density at radius 1 is 1.00 bits per heavy atom. The minimum absolute atomic E-state index is 0.0648. The molecule has 0 saturated heterocycles. The van der Waals surface area contributed by atoms with Gasteiger partial charge in [-0.05, 0) is 36.4 Å². The first kappa shape index (κ1) is 17.0. The molecule has 122 valence electrons. The number of anilines is 1. The highest BCUT2D eigenvalue weighted by molar-refractivity contribution is 7.88. The molecule has 0 saturated carbocycles. The standard InChI is InChI=1S/C16H18N2O4S/c1-23(20,21)17-12-11-16(19)18-13-7-9-15(10-8-13)22-14-5-3-2-4-6-14/h2-10,17H,11-12H2,1H3,(H,18,19). The summed E-state index contributed by atoms with van der Waals surface area (Å²) in [5.74, 6) is 1.13. The molecular weight excluding hydrogens is 316 g/mol. The van der Waals surface area contributed by atoms with Gasteiger partial charge in [-0.2, -0.15) is 0 Å². The molecule has 0 unspecified atom stereocenters. The van der Waals surface area contributed by atoms with E-state index in [1.54, 1.807) is 24.3 Å². The summed E-state index contributed by atoms with van der Waals surface area (Å²) in [4.78, 5) is 11.7. The lowest BCUT2D eigenvalue weighted by molar-refractivity contribution is -0.116. The van der Waals surface area contributed by atoms with Gasteiger partial charge < -0.3 is 10.1 Å². The maximum Gasteiger partial charge on any atom is 0.225 e. The van der Waals surface area contributed by atoms with Crippen molar-refractivity contribution in [3.63, 3.8) is 0 Å². The highest BCUT2D eigenvalue weighted by Crippen LogP contribution is 2.22. The van der Waals surface area contributed by atoms with Gasteiger partial charge in [-0.3, -0.25) is 4.79 Å². The average Bonchev–Trinajstić information content (AvgIpc) is 2.49. The number of ether oxygens (including phenoxy) is 1. The first-order valence-corrected chi connectivity index (χ1v) is 8.89. The molecule has 2 aromatic rings. The van der Waals surface area contributed by atoms with Crippen LogP contribution in [-0.2, 0) is 14.8 Å². The minimum atomic E-state index is -3.27. The molecular formula is C16H18N2O4S. The molecule has 2 aromatic carbocycles. The van der Waals surface area contributed by atoms with Gasteiger partial charge in [0.2, 0.25) is 15.9 Å². The van der Waals surface area contributed by atoms with Gasteiger partial charge in [0.25, 0.3) is 0 Å². The zero-order valence-electron chi connectivity index (χ0n) is 12.7. The van der Waals surface area contributed by atoms with Crippen LogP contribution in [0.2, 0.25) is 0 Å². The number of hydrogen-bond acceptors (Lipinski definition) is 4. The summed E-state index contributed by atoms with van der Waals surface area (Å²) in [6.45, 7) is 0.0693. The summed E-state index contributed by atoms with van der Waals surface area (Å²) >= 11 is 0. The number of hydrogen-bond donors (Lipinski definition) is 2. The van der Waals surface area contributed by atoms with Crippen molar-refractivity contribution >= 4 is 21.6 Å². The molecule has 0 radical (unpaired) electrons. The zero-order chi connectivity index (χ0) is 16.7. The Morgan fingerprint density at radius 2 is 1.61 bits per heavy atom. The lowest BCUT2D eigenvalue weighted by Crippen LogP contribution is -2.26. The van der Waals surface area contributed by atoms with Gasteiger partial charge in [-0.15, -0.1) is 0 Å². The summed E-state index contributed by atoms with van der Waals surface area (Å²) in [7, 11) is -3.27. The molecule has 7 heteroatoms. The maximum absolute atomic E-state index is 11.7. The van der Waals surface area contributed by atoms with E-state index in [1.165, 1.54) is 0 Å². The van der Waals surface area contributed by atoms with E-state index in [4.69, 9.17) is 4.74 Å². The van der Waals surface area contributed by atoms with Crippen LogP contribution in [0, 0.1) is 0 Å². The average molecular weight is 334 g/mol. The molecule has 6 nitrogen and oxygen atoms in total. The zero-order valence-corrected chi connectivity index (χ0v) is 13.5. The smallest absolute Gasteiger partial charge is 0.225 e. The van der Waals surface area contributed by atoms with Gasteiger partial charge in [-0.25, -0.2) is 13.1 Å². The summed E-state index contributed by atoms with van der Waals surface area (Å²) in [5.41, 5.74) is 0.620. The molecule has 0 aromatic heterocycles. The monoisotopic (exact) mass is 334 g/mol.